The smallest absolute Gasteiger partial charge is 0.163 e. The highest BCUT2D eigenvalue weighted by Gasteiger charge is 2.04. The number of fused-ring (bicyclic) bond motifs is 2. The second-order valence-corrected chi connectivity index (χ2v) is 4.28. The van der Waals surface area contributed by atoms with Crippen molar-refractivity contribution >= 4 is 21.9 Å². The summed E-state index contributed by atoms with van der Waals surface area (Å²) in [4.78, 5) is 13.3. The maximum atomic E-state index is 5.21. The van der Waals surface area contributed by atoms with Crippen molar-refractivity contribution in [2.24, 2.45) is 0 Å². The van der Waals surface area contributed by atoms with Crippen molar-refractivity contribution < 1.29 is 4.74 Å². The summed E-state index contributed by atoms with van der Waals surface area (Å²) in [6.07, 6.45) is 1.81. The molecule has 96 valence electrons. The summed E-state index contributed by atoms with van der Waals surface area (Å²) in [6.45, 7) is 0.633. The molecule has 5 heteroatoms. The summed E-state index contributed by atoms with van der Waals surface area (Å²) in [5.41, 5.74) is 1.59. The highest BCUT2D eigenvalue weighted by molar-refractivity contribution is 5.91. The van der Waals surface area contributed by atoms with E-state index in [0.717, 1.165) is 27.9 Å². The Morgan fingerprint density at radius 1 is 1.16 bits per heavy atom. The SMILES string of the molecule is CNCc1ncc2cc3ccc(OC)cc3nc2n1. The van der Waals surface area contributed by atoms with Crippen LogP contribution < -0.4 is 10.1 Å². The van der Waals surface area contributed by atoms with Gasteiger partial charge in [0.25, 0.3) is 0 Å². The minimum Gasteiger partial charge on any atom is -0.497 e. The predicted molar refractivity (Wildman–Crippen MR) is 74.2 cm³/mol. The van der Waals surface area contributed by atoms with Crippen molar-refractivity contribution in [1.29, 1.82) is 0 Å². The van der Waals surface area contributed by atoms with Crippen molar-refractivity contribution in [3.63, 3.8) is 0 Å². The number of aromatic nitrogens is 3. The van der Waals surface area contributed by atoms with Crippen LogP contribution in [0.4, 0.5) is 0 Å². The molecule has 3 rings (SSSR count). The van der Waals surface area contributed by atoms with E-state index in [-0.39, 0.29) is 0 Å². The molecule has 1 N–H and O–H groups in total. The zero-order valence-electron chi connectivity index (χ0n) is 10.8. The van der Waals surface area contributed by atoms with Gasteiger partial charge in [0.2, 0.25) is 0 Å². The fraction of sp³-hybridized carbons (Fsp3) is 0.214. The number of pyridine rings is 1. The third kappa shape index (κ3) is 2.20. The van der Waals surface area contributed by atoms with Gasteiger partial charge in [-0.3, -0.25) is 0 Å². The molecule has 0 aliphatic carbocycles. The standard InChI is InChI=1S/C14H14N4O/c1-15-8-13-16-7-10-5-9-3-4-11(19-2)6-12(9)17-14(10)18-13/h3-7,15H,8H2,1-2H3. The van der Waals surface area contributed by atoms with Crippen LogP contribution in [0.2, 0.25) is 0 Å². The molecule has 0 unspecified atom stereocenters. The molecule has 5 nitrogen and oxygen atoms in total. The lowest BCUT2D eigenvalue weighted by atomic mass is 10.2. The second-order valence-electron chi connectivity index (χ2n) is 4.28. The number of nitrogens with one attached hydrogen (secondary N) is 1. The van der Waals surface area contributed by atoms with Gasteiger partial charge in [-0.2, -0.15) is 0 Å². The van der Waals surface area contributed by atoms with E-state index in [1.807, 2.05) is 37.5 Å². The first-order chi connectivity index (χ1) is 9.30. The highest BCUT2D eigenvalue weighted by atomic mass is 16.5. The lowest BCUT2D eigenvalue weighted by Gasteiger charge is -2.05. The van der Waals surface area contributed by atoms with Crippen LogP contribution in [0.1, 0.15) is 5.82 Å². The summed E-state index contributed by atoms with van der Waals surface area (Å²) in [5, 5.41) is 5.03. The molecule has 0 bridgehead atoms. The number of hydrogen-bond donors (Lipinski definition) is 1. The Morgan fingerprint density at radius 2 is 2.05 bits per heavy atom. The molecule has 0 saturated heterocycles. The number of ether oxygens (including phenoxy) is 1. The third-order valence-corrected chi connectivity index (χ3v) is 2.96. The van der Waals surface area contributed by atoms with Crippen LogP contribution in [0.3, 0.4) is 0 Å². The minimum atomic E-state index is 0.633. The molecule has 3 aromatic rings. The highest BCUT2D eigenvalue weighted by Crippen LogP contribution is 2.22. The first kappa shape index (κ1) is 11.8. The summed E-state index contributed by atoms with van der Waals surface area (Å²) in [6, 6.07) is 7.86. The molecule has 0 spiro atoms. The number of methoxy groups -OCH3 is 1. The zero-order chi connectivity index (χ0) is 13.2. The summed E-state index contributed by atoms with van der Waals surface area (Å²) < 4.78 is 5.21. The van der Waals surface area contributed by atoms with Crippen molar-refractivity contribution in [2.75, 3.05) is 14.2 Å². The van der Waals surface area contributed by atoms with Gasteiger partial charge >= 0.3 is 0 Å². The van der Waals surface area contributed by atoms with Gasteiger partial charge in [-0.15, -0.1) is 0 Å². The number of rotatable bonds is 3. The fourth-order valence-corrected chi connectivity index (χ4v) is 2.00. The molecule has 1 aromatic carbocycles. The van der Waals surface area contributed by atoms with E-state index in [1.54, 1.807) is 7.11 Å². The van der Waals surface area contributed by atoms with E-state index in [9.17, 15) is 0 Å². The first-order valence-electron chi connectivity index (χ1n) is 6.05. The molecule has 0 aliphatic heterocycles. The van der Waals surface area contributed by atoms with Gasteiger partial charge in [0.1, 0.15) is 11.6 Å². The summed E-state index contributed by atoms with van der Waals surface area (Å²) >= 11 is 0. The molecular weight excluding hydrogens is 240 g/mol. The van der Waals surface area contributed by atoms with Crippen LogP contribution >= 0.6 is 0 Å². The topological polar surface area (TPSA) is 59.9 Å². The quantitative estimate of drug-likeness (QED) is 0.723. The van der Waals surface area contributed by atoms with Gasteiger partial charge in [-0.25, -0.2) is 15.0 Å². The Balaban J connectivity index is 2.20. The number of hydrogen-bond acceptors (Lipinski definition) is 5. The molecule has 0 saturated carbocycles. The zero-order valence-corrected chi connectivity index (χ0v) is 10.8. The molecule has 0 amide bonds. The largest absolute Gasteiger partial charge is 0.497 e. The molecule has 2 aromatic heterocycles. The lowest BCUT2D eigenvalue weighted by Crippen LogP contribution is -2.09. The van der Waals surface area contributed by atoms with Crippen molar-refractivity contribution in [3.8, 4) is 5.75 Å². The van der Waals surface area contributed by atoms with Gasteiger partial charge < -0.3 is 10.1 Å². The second kappa shape index (κ2) is 4.78. The van der Waals surface area contributed by atoms with Crippen LogP contribution in [-0.2, 0) is 6.54 Å². The van der Waals surface area contributed by atoms with Crippen LogP contribution in [0.15, 0.2) is 30.5 Å². The van der Waals surface area contributed by atoms with Gasteiger partial charge in [0.15, 0.2) is 5.65 Å². The molecular formula is C14H14N4O. The van der Waals surface area contributed by atoms with Gasteiger partial charge in [-0.05, 0) is 25.2 Å². The average Bonchev–Trinajstić information content (AvgIpc) is 2.45. The Kier molecular flexibility index (Phi) is 2.97. The van der Waals surface area contributed by atoms with Gasteiger partial charge in [0.05, 0.1) is 19.2 Å². The third-order valence-electron chi connectivity index (χ3n) is 2.96. The van der Waals surface area contributed by atoms with Crippen molar-refractivity contribution in [3.05, 3.63) is 36.3 Å². The van der Waals surface area contributed by atoms with E-state index in [4.69, 9.17) is 4.74 Å². The maximum absolute atomic E-state index is 5.21. The molecule has 2 heterocycles. The fourth-order valence-electron chi connectivity index (χ4n) is 2.00. The van der Waals surface area contributed by atoms with E-state index < -0.39 is 0 Å². The van der Waals surface area contributed by atoms with E-state index in [1.165, 1.54) is 0 Å². The molecule has 19 heavy (non-hydrogen) atoms. The van der Waals surface area contributed by atoms with Crippen LogP contribution in [0.25, 0.3) is 21.9 Å². The van der Waals surface area contributed by atoms with E-state index in [2.05, 4.69) is 20.3 Å². The van der Waals surface area contributed by atoms with Gasteiger partial charge in [-0.1, -0.05) is 0 Å². The molecule has 0 fully saturated rings. The van der Waals surface area contributed by atoms with E-state index >= 15 is 0 Å². The van der Waals surface area contributed by atoms with E-state index in [0.29, 0.717) is 12.2 Å². The van der Waals surface area contributed by atoms with Crippen molar-refractivity contribution in [1.82, 2.24) is 20.3 Å². The van der Waals surface area contributed by atoms with Crippen LogP contribution in [0.5, 0.6) is 5.75 Å². The normalized spacial score (nSPS) is 11.1. The van der Waals surface area contributed by atoms with Crippen LogP contribution in [-0.4, -0.2) is 29.1 Å². The van der Waals surface area contributed by atoms with Crippen molar-refractivity contribution in [2.45, 2.75) is 6.54 Å². The average molecular weight is 254 g/mol. The Bertz CT molecular complexity index is 742. The first-order valence-corrected chi connectivity index (χ1v) is 6.05. The summed E-state index contributed by atoms with van der Waals surface area (Å²) in [7, 11) is 3.52. The number of benzene rings is 1. The van der Waals surface area contributed by atoms with Crippen LogP contribution in [0, 0.1) is 0 Å². The lowest BCUT2D eigenvalue weighted by molar-refractivity contribution is 0.415. The van der Waals surface area contributed by atoms with Gasteiger partial charge in [0, 0.05) is 23.0 Å². The summed E-state index contributed by atoms with van der Waals surface area (Å²) in [5.74, 6) is 1.54. The maximum Gasteiger partial charge on any atom is 0.163 e. The Hall–Kier alpha value is -2.27. The predicted octanol–water partition coefficient (Wildman–Crippen LogP) is 1.91. The molecule has 0 aliphatic rings. The number of nitrogens with zero attached hydrogens (tertiary/aromatic N) is 3. The Morgan fingerprint density at radius 3 is 2.84 bits per heavy atom. The monoisotopic (exact) mass is 254 g/mol. The molecule has 0 radical (unpaired) electrons. The molecule has 0 atom stereocenters. The Labute approximate surface area is 110 Å². The minimum absolute atomic E-state index is 0.633.